The lowest BCUT2D eigenvalue weighted by atomic mass is 9.84. The number of piperidine rings is 1. The molecule has 2 atom stereocenters. The molecular weight excluding hydrogens is 306 g/mol. The molecule has 0 aliphatic carbocycles. The second kappa shape index (κ2) is 6.24. The molecule has 2 aromatic rings. The molecule has 2 aromatic heterocycles. The van der Waals surface area contributed by atoms with Gasteiger partial charge < -0.3 is 15.2 Å². The molecule has 4 heterocycles. The maximum absolute atomic E-state index is 12.7. The Balaban J connectivity index is 1.50. The predicted molar refractivity (Wildman–Crippen MR) is 89.0 cm³/mol. The summed E-state index contributed by atoms with van der Waals surface area (Å²) in [6.07, 6.45) is 3.47. The van der Waals surface area contributed by atoms with Crippen molar-refractivity contribution in [2.75, 3.05) is 19.6 Å². The van der Waals surface area contributed by atoms with Crippen LogP contribution in [0.4, 0.5) is 0 Å². The molecule has 4 rings (SSSR count). The second-order valence-electron chi connectivity index (χ2n) is 6.63. The van der Waals surface area contributed by atoms with Gasteiger partial charge in [0, 0.05) is 49.6 Å². The van der Waals surface area contributed by atoms with Crippen LogP contribution in [0.15, 0.2) is 29.2 Å². The van der Waals surface area contributed by atoms with Crippen molar-refractivity contribution in [2.45, 2.75) is 25.3 Å². The van der Waals surface area contributed by atoms with Gasteiger partial charge in [-0.05, 0) is 37.1 Å². The number of fused-ring (bicyclic) bond motifs is 4. The average molecular weight is 327 g/mol. The summed E-state index contributed by atoms with van der Waals surface area (Å²) in [4.78, 5) is 25.1. The molecule has 1 fully saturated rings. The van der Waals surface area contributed by atoms with Crippen LogP contribution in [0.3, 0.4) is 0 Å². The largest absolute Gasteiger partial charge is 0.351 e. The second-order valence-corrected chi connectivity index (χ2v) is 6.63. The van der Waals surface area contributed by atoms with Crippen LogP contribution in [0.5, 0.6) is 0 Å². The molecule has 0 aromatic carbocycles. The van der Waals surface area contributed by atoms with Crippen LogP contribution >= 0.6 is 0 Å². The minimum absolute atomic E-state index is 0.164. The van der Waals surface area contributed by atoms with E-state index in [1.807, 2.05) is 16.7 Å². The highest BCUT2D eigenvalue weighted by atomic mass is 16.2. The smallest absolute Gasteiger partial charge is 0.263 e. The molecule has 126 valence electrons. The van der Waals surface area contributed by atoms with Gasteiger partial charge in [0.15, 0.2) is 0 Å². The molecule has 7 nitrogen and oxygen atoms in total. The van der Waals surface area contributed by atoms with Gasteiger partial charge in [-0.2, -0.15) is 5.10 Å². The van der Waals surface area contributed by atoms with Crippen molar-refractivity contribution in [3.8, 4) is 0 Å². The van der Waals surface area contributed by atoms with Gasteiger partial charge in [0.1, 0.15) is 5.56 Å². The number of aromatic nitrogens is 3. The summed E-state index contributed by atoms with van der Waals surface area (Å²) < 4.78 is 1.81. The van der Waals surface area contributed by atoms with Crippen molar-refractivity contribution in [3.05, 3.63) is 51.7 Å². The van der Waals surface area contributed by atoms with Gasteiger partial charge in [-0.3, -0.25) is 14.7 Å². The number of pyridine rings is 1. The molecule has 0 spiro atoms. The van der Waals surface area contributed by atoms with Crippen LogP contribution in [-0.4, -0.2) is 40.3 Å². The van der Waals surface area contributed by atoms with E-state index in [4.69, 9.17) is 0 Å². The van der Waals surface area contributed by atoms with E-state index in [1.54, 1.807) is 12.3 Å². The summed E-state index contributed by atoms with van der Waals surface area (Å²) in [5, 5.41) is 13.0. The molecular formula is C17H21N5O2. The molecule has 2 aliphatic rings. The lowest BCUT2D eigenvalue weighted by Gasteiger charge is -2.37. The molecule has 0 radical (unpaired) electrons. The van der Waals surface area contributed by atoms with Crippen LogP contribution in [0, 0.1) is 5.92 Å². The SMILES string of the molecule is O=C(NCCc1ccn[nH]1)c1ccc2n(c1=O)C[C@@H]1CNC[C@H]2C1. The number of carbonyl (C=O) groups excluding carboxylic acids is 1. The monoisotopic (exact) mass is 327 g/mol. The summed E-state index contributed by atoms with van der Waals surface area (Å²) in [7, 11) is 0. The number of aromatic amines is 1. The highest BCUT2D eigenvalue weighted by Gasteiger charge is 2.31. The Hall–Kier alpha value is -2.41. The Labute approximate surface area is 139 Å². The van der Waals surface area contributed by atoms with Gasteiger partial charge in [0.2, 0.25) is 0 Å². The van der Waals surface area contributed by atoms with E-state index < -0.39 is 0 Å². The van der Waals surface area contributed by atoms with Crippen molar-refractivity contribution >= 4 is 5.91 Å². The maximum atomic E-state index is 12.7. The molecule has 7 heteroatoms. The van der Waals surface area contributed by atoms with E-state index >= 15 is 0 Å². The van der Waals surface area contributed by atoms with Gasteiger partial charge >= 0.3 is 0 Å². The number of amides is 1. The number of hydrogen-bond donors (Lipinski definition) is 3. The number of carbonyl (C=O) groups is 1. The molecule has 0 unspecified atom stereocenters. The number of hydrogen-bond acceptors (Lipinski definition) is 4. The third kappa shape index (κ3) is 2.75. The zero-order valence-corrected chi connectivity index (χ0v) is 13.4. The van der Waals surface area contributed by atoms with E-state index in [2.05, 4.69) is 20.8 Å². The Morgan fingerprint density at radius 1 is 1.33 bits per heavy atom. The number of nitrogens with one attached hydrogen (secondary N) is 3. The molecule has 24 heavy (non-hydrogen) atoms. The fraction of sp³-hybridized carbons (Fsp3) is 0.471. The minimum atomic E-state index is -0.302. The molecule has 2 aliphatic heterocycles. The summed E-state index contributed by atoms with van der Waals surface area (Å²) in [6, 6.07) is 5.49. The topological polar surface area (TPSA) is 91.8 Å². The van der Waals surface area contributed by atoms with Crippen LogP contribution in [0.25, 0.3) is 0 Å². The van der Waals surface area contributed by atoms with E-state index in [0.29, 0.717) is 31.3 Å². The normalized spacial score (nSPS) is 22.0. The summed E-state index contributed by atoms with van der Waals surface area (Å²) >= 11 is 0. The Morgan fingerprint density at radius 2 is 2.25 bits per heavy atom. The Morgan fingerprint density at radius 3 is 3.08 bits per heavy atom. The van der Waals surface area contributed by atoms with E-state index in [9.17, 15) is 9.59 Å². The fourth-order valence-electron chi connectivity index (χ4n) is 3.79. The van der Waals surface area contributed by atoms with Crippen molar-refractivity contribution in [2.24, 2.45) is 5.92 Å². The van der Waals surface area contributed by atoms with Crippen molar-refractivity contribution in [3.63, 3.8) is 0 Å². The van der Waals surface area contributed by atoms with E-state index in [1.165, 1.54) is 0 Å². The van der Waals surface area contributed by atoms with Crippen LogP contribution in [0.1, 0.15) is 34.1 Å². The first-order valence-corrected chi connectivity index (χ1v) is 8.43. The van der Waals surface area contributed by atoms with Crippen LogP contribution < -0.4 is 16.2 Å². The lowest BCUT2D eigenvalue weighted by Crippen LogP contribution is -2.46. The van der Waals surface area contributed by atoms with E-state index in [-0.39, 0.29) is 17.0 Å². The lowest BCUT2D eigenvalue weighted by molar-refractivity contribution is 0.0951. The quantitative estimate of drug-likeness (QED) is 0.751. The first-order valence-electron chi connectivity index (χ1n) is 8.43. The number of nitrogens with zero attached hydrogens (tertiary/aromatic N) is 2. The molecule has 1 saturated heterocycles. The highest BCUT2D eigenvalue weighted by molar-refractivity contribution is 5.93. The standard InChI is InChI=1S/C17H21N5O2/c23-16(19-5-3-13-4-6-20-21-13)14-1-2-15-12-7-11(8-18-9-12)10-22(15)17(14)24/h1-2,4,6,11-12,18H,3,5,7-10H2,(H,19,23)(H,20,21)/t11-,12+/m0/s1. The third-order valence-corrected chi connectivity index (χ3v) is 4.99. The molecule has 2 bridgehead atoms. The van der Waals surface area contributed by atoms with Crippen LogP contribution in [-0.2, 0) is 13.0 Å². The van der Waals surface area contributed by atoms with Gasteiger partial charge in [0.25, 0.3) is 11.5 Å². The third-order valence-electron chi connectivity index (χ3n) is 4.99. The van der Waals surface area contributed by atoms with Gasteiger partial charge in [0.05, 0.1) is 0 Å². The average Bonchev–Trinajstić information content (AvgIpc) is 3.09. The van der Waals surface area contributed by atoms with Gasteiger partial charge in [-0.25, -0.2) is 0 Å². The van der Waals surface area contributed by atoms with Crippen molar-refractivity contribution in [1.29, 1.82) is 0 Å². The summed E-state index contributed by atoms with van der Waals surface area (Å²) in [5.74, 6) is 0.555. The molecule has 0 saturated carbocycles. The maximum Gasteiger partial charge on any atom is 0.263 e. The van der Waals surface area contributed by atoms with E-state index in [0.717, 1.165) is 30.9 Å². The molecule has 1 amide bonds. The summed E-state index contributed by atoms with van der Waals surface area (Å²) in [6.45, 7) is 3.03. The Kier molecular flexibility index (Phi) is 3.93. The van der Waals surface area contributed by atoms with Crippen molar-refractivity contribution < 1.29 is 4.79 Å². The van der Waals surface area contributed by atoms with Gasteiger partial charge in [-0.1, -0.05) is 0 Å². The number of H-pyrrole nitrogens is 1. The first-order chi connectivity index (χ1) is 11.7. The highest BCUT2D eigenvalue weighted by Crippen LogP contribution is 2.31. The predicted octanol–water partition coefficient (Wildman–Crippen LogP) is 0.251. The fourth-order valence-corrected chi connectivity index (χ4v) is 3.79. The zero-order chi connectivity index (χ0) is 16.5. The first kappa shape index (κ1) is 15.1. The summed E-state index contributed by atoms with van der Waals surface area (Å²) in [5.41, 5.74) is 2.08. The zero-order valence-electron chi connectivity index (χ0n) is 13.4. The van der Waals surface area contributed by atoms with Gasteiger partial charge in [-0.15, -0.1) is 0 Å². The van der Waals surface area contributed by atoms with Crippen molar-refractivity contribution in [1.82, 2.24) is 25.4 Å². The minimum Gasteiger partial charge on any atom is -0.351 e. The number of rotatable bonds is 4. The molecule has 3 N–H and O–H groups in total. The Bertz CT molecular complexity index is 796. The van der Waals surface area contributed by atoms with Crippen LogP contribution in [0.2, 0.25) is 0 Å².